The quantitative estimate of drug-likeness (QED) is 0.729. The van der Waals surface area contributed by atoms with Crippen LogP contribution >= 0.6 is 40.7 Å². The van der Waals surface area contributed by atoms with E-state index in [1.807, 2.05) is 12.1 Å². The molecule has 138 valence electrons. The number of anilines is 1. The minimum Gasteiger partial charge on any atom is -0.467 e. The zero-order valence-corrected chi connectivity index (χ0v) is 16.8. The summed E-state index contributed by atoms with van der Waals surface area (Å²) < 4.78 is 6.28. The van der Waals surface area contributed by atoms with Gasteiger partial charge in [0.05, 0.1) is 12.1 Å². The zero-order valence-electron chi connectivity index (χ0n) is 13.6. The van der Waals surface area contributed by atoms with Crippen LogP contribution in [-0.2, 0) is 6.54 Å². The minimum atomic E-state index is -0.102. The van der Waals surface area contributed by atoms with Crippen LogP contribution in [0.25, 0.3) is 0 Å². The molecule has 5 nitrogen and oxygen atoms in total. The Kier molecular flexibility index (Phi) is 8.79. The molecule has 1 aromatic carbocycles. The fourth-order valence-corrected chi connectivity index (χ4v) is 3.24. The summed E-state index contributed by atoms with van der Waals surface area (Å²) in [6.07, 6.45) is 2.53. The van der Waals surface area contributed by atoms with Gasteiger partial charge in [-0.15, -0.1) is 24.8 Å². The Balaban J connectivity index is 0.00000156. The van der Waals surface area contributed by atoms with Gasteiger partial charge in [0.15, 0.2) is 0 Å². The highest BCUT2D eigenvalue weighted by Crippen LogP contribution is 2.26. The highest BCUT2D eigenvalue weighted by Gasteiger charge is 2.23. The highest BCUT2D eigenvalue weighted by atomic mass is 79.9. The van der Waals surface area contributed by atoms with Gasteiger partial charge in [0.2, 0.25) is 0 Å². The number of nitrogens with zero attached hydrogens (tertiary/aromatic N) is 1. The third kappa shape index (κ3) is 5.64. The van der Waals surface area contributed by atoms with Crippen LogP contribution in [-0.4, -0.2) is 25.5 Å². The highest BCUT2D eigenvalue weighted by molar-refractivity contribution is 9.10. The average Bonchev–Trinajstić information content (AvgIpc) is 3.22. The smallest absolute Gasteiger partial charge is 0.254 e. The molecule has 0 saturated carbocycles. The van der Waals surface area contributed by atoms with Crippen LogP contribution in [0, 0.1) is 5.92 Å². The molecule has 25 heavy (non-hydrogen) atoms. The lowest BCUT2D eigenvalue weighted by Gasteiger charge is -2.19. The van der Waals surface area contributed by atoms with Crippen LogP contribution in [0.1, 0.15) is 22.5 Å². The van der Waals surface area contributed by atoms with Crippen LogP contribution in [0.2, 0.25) is 0 Å². The Morgan fingerprint density at radius 2 is 2.16 bits per heavy atom. The maximum Gasteiger partial charge on any atom is 0.254 e. The van der Waals surface area contributed by atoms with Gasteiger partial charge in [0.1, 0.15) is 12.0 Å². The van der Waals surface area contributed by atoms with E-state index in [1.165, 1.54) is 12.0 Å². The monoisotopic (exact) mass is 449 g/mol. The number of hydrogen-bond donors (Lipinski definition) is 2. The normalized spacial score (nSPS) is 16.1. The summed E-state index contributed by atoms with van der Waals surface area (Å²) in [5.41, 5.74) is 7.24. The number of amides is 1. The van der Waals surface area contributed by atoms with E-state index in [0.717, 1.165) is 24.0 Å². The van der Waals surface area contributed by atoms with Crippen molar-refractivity contribution in [2.45, 2.75) is 13.0 Å². The molecule has 8 heteroatoms. The summed E-state index contributed by atoms with van der Waals surface area (Å²) in [6, 6.07) is 10.0. The largest absolute Gasteiger partial charge is 0.467 e. The first kappa shape index (κ1) is 21.8. The lowest BCUT2D eigenvalue weighted by Crippen LogP contribution is -2.30. The molecule has 0 bridgehead atoms. The van der Waals surface area contributed by atoms with Crippen molar-refractivity contribution in [1.82, 2.24) is 5.32 Å². The van der Waals surface area contributed by atoms with E-state index in [9.17, 15) is 4.79 Å². The van der Waals surface area contributed by atoms with Crippen molar-refractivity contribution < 1.29 is 9.21 Å². The summed E-state index contributed by atoms with van der Waals surface area (Å²) in [4.78, 5) is 14.4. The minimum absolute atomic E-state index is 0. The molecule has 1 fully saturated rings. The van der Waals surface area contributed by atoms with E-state index in [2.05, 4.69) is 38.3 Å². The fraction of sp³-hybridized carbons (Fsp3) is 0.353. The van der Waals surface area contributed by atoms with Crippen LogP contribution in [0.3, 0.4) is 0 Å². The SMILES string of the molecule is Cl.Cl.NCc1cc(C(=O)NCC2CCN(c3cccc(Br)c3)C2)co1. The van der Waals surface area contributed by atoms with Crippen LogP contribution in [0.5, 0.6) is 0 Å². The molecular weight excluding hydrogens is 429 g/mol. The van der Waals surface area contributed by atoms with E-state index in [1.54, 1.807) is 6.07 Å². The number of carbonyl (C=O) groups excluding carboxylic acids is 1. The molecule has 1 atom stereocenters. The van der Waals surface area contributed by atoms with Gasteiger partial charge < -0.3 is 20.4 Å². The number of carbonyl (C=O) groups is 1. The van der Waals surface area contributed by atoms with Crippen molar-refractivity contribution in [2.75, 3.05) is 24.5 Å². The molecule has 1 aliphatic rings. The van der Waals surface area contributed by atoms with Crippen molar-refractivity contribution in [2.24, 2.45) is 11.7 Å². The molecule has 3 N–H and O–H groups in total. The third-order valence-electron chi connectivity index (χ3n) is 4.13. The first-order valence-corrected chi connectivity index (χ1v) is 8.51. The first-order valence-electron chi connectivity index (χ1n) is 7.72. The Bertz CT molecular complexity index is 696. The lowest BCUT2D eigenvalue weighted by molar-refractivity contribution is 0.0947. The number of halogens is 3. The zero-order chi connectivity index (χ0) is 16.2. The van der Waals surface area contributed by atoms with E-state index in [4.69, 9.17) is 10.2 Å². The Morgan fingerprint density at radius 3 is 2.84 bits per heavy atom. The van der Waals surface area contributed by atoms with Crippen LogP contribution in [0.4, 0.5) is 5.69 Å². The maximum atomic E-state index is 12.1. The number of nitrogens with one attached hydrogen (secondary N) is 1. The Labute approximate surface area is 168 Å². The van der Waals surface area contributed by atoms with Gasteiger partial charge in [-0.2, -0.15) is 0 Å². The molecule has 1 aliphatic heterocycles. The molecule has 1 aromatic heterocycles. The second-order valence-corrected chi connectivity index (χ2v) is 6.71. The van der Waals surface area contributed by atoms with Gasteiger partial charge >= 0.3 is 0 Å². The molecule has 1 saturated heterocycles. The van der Waals surface area contributed by atoms with E-state index >= 15 is 0 Å². The second kappa shape index (κ2) is 10.1. The molecule has 2 aromatic rings. The number of nitrogens with two attached hydrogens (primary N) is 1. The predicted molar refractivity (Wildman–Crippen MR) is 108 cm³/mol. The molecule has 1 unspecified atom stereocenters. The lowest BCUT2D eigenvalue weighted by atomic mass is 10.1. The van der Waals surface area contributed by atoms with Gasteiger partial charge in [0, 0.05) is 29.8 Å². The summed E-state index contributed by atoms with van der Waals surface area (Å²) in [5.74, 6) is 0.977. The topological polar surface area (TPSA) is 71.5 Å². The van der Waals surface area contributed by atoms with E-state index in [-0.39, 0.29) is 30.7 Å². The number of benzene rings is 1. The molecule has 0 spiro atoms. The second-order valence-electron chi connectivity index (χ2n) is 5.80. The van der Waals surface area contributed by atoms with E-state index < -0.39 is 0 Å². The molecule has 2 heterocycles. The summed E-state index contributed by atoms with van der Waals surface area (Å²) in [6.45, 7) is 2.94. The van der Waals surface area contributed by atoms with Crippen molar-refractivity contribution in [3.63, 3.8) is 0 Å². The van der Waals surface area contributed by atoms with Gasteiger partial charge in [-0.3, -0.25) is 4.79 Å². The molecular formula is C17H22BrCl2N3O2. The number of furan rings is 1. The predicted octanol–water partition coefficient (Wildman–Crippen LogP) is 3.60. The summed E-state index contributed by atoms with van der Waals surface area (Å²) in [5, 5.41) is 2.99. The van der Waals surface area contributed by atoms with Gasteiger partial charge in [-0.05, 0) is 36.6 Å². The van der Waals surface area contributed by atoms with Crippen molar-refractivity contribution >= 4 is 52.3 Å². The summed E-state index contributed by atoms with van der Waals surface area (Å²) >= 11 is 3.51. The van der Waals surface area contributed by atoms with E-state index in [0.29, 0.717) is 30.3 Å². The van der Waals surface area contributed by atoms with Crippen LogP contribution in [0.15, 0.2) is 45.5 Å². The Morgan fingerprint density at radius 1 is 1.36 bits per heavy atom. The fourth-order valence-electron chi connectivity index (χ4n) is 2.85. The van der Waals surface area contributed by atoms with Gasteiger partial charge in [-0.1, -0.05) is 22.0 Å². The van der Waals surface area contributed by atoms with Crippen molar-refractivity contribution in [3.05, 3.63) is 52.4 Å². The standard InChI is InChI=1S/C17H20BrN3O2.2ClH/c18-14-2-1-3-15(7-14)21-5-4-12(10-21)9-20-17(22)13-6-16(8-19)23-11-13;;/h1-3,6-7,11-12H,4-5,8-10,19H2,(H,20,22);2*1H. The number of rotatable bonds is 5. The summed E-state index contributed by atoms with van der Waals surface area (Å²) in [7, 11) is 0. The van der Waals surface area contributed by atoms with Crippen molar-refractivity contribution in [1.29, 1.82) is 0 Å². The van der Waals surface area contributed by atoms with Gasteiger partial charge in [0.25, 0.3) is 5.91 Å². The Hall–Kier alpha value is -1.21. The molecule has 0 aliphatic carbocycles. The molecule has 3 rings (SSSR count). The van der Waals surface area contributed by atoms with Crippen LogP contribution < -0.4 is 16.0 Å². The third-order valence-corrected chi connectivity index (χ3v) is 4.62. The average molecular weight is 451 g/mol. The molecule has 1 amide bonds. The van der Waals surface area contributed by atoms with Gasteiger partial charge in [-0.25, -0.2) is 0 Å². The number of hydrogen-bond acceptors (Lipinski definition) is 4. The first-order chi connectivity index (χ1) is 11.2. The van der Waals surface area contributed by atoms with Crippen molar-refractivity contribution in [3.8, 4) is 0 Å². The maximum absolute atomic E-state index is 12.1. The molecule has 0 radical (unpaired) electrons.